The van der Waals surface area contributed by atoms with Gasteiger partial charge in [0.2, 0.25) is 5.91 Å². The van der Waals surface area contributed by atoms with Crippen LogP contribution in [0, 0.1) is 11.7 Å². The zero-order chi connectivity index (χ0) is 18.5. The van der Waals surface area contributed by atoms with E-state index in [0.29, 0.717) is 25.2 Å². The van der Waals surface area contributed by atoms with Crippen LogP contribution in [0.3, 0.4) is 0 Å². The van der Waals surface area contributed by atoms with Gasteiger partial charge in [0.15, 0.2) is 5.78 Å². The van der Waals surface area contributed by atoms with Crippen molar-refractivity contribution in [3.8, 4) is 0 Å². The molecule has 0 unspecified atom stereocenters. The number of rotatable bonds is 6. The smallest absolute Gasteiger partial charge is 0.223 e. The fraction of sp³-hybridized carbons (Fsp3) is 0.333. The molecule has 4 nitrogen and oxygen atoms in total. The SMILES string of the molecule is Cl.NC[C@@H]1CN(C(=O)CCC(=O)c2ccc(F)cc2)C[C@H]1c1ccccc1. The molecule has 0 aromatic heterocycles. The molecule has 1 aliphatic rings. The highest BCUT2D eigenvalue weighted by Gasteiger charge is 2.35. The number of benzene rings is 2. The van der Waals surface area contributed by atoms with Crippen LogP contribution in [0.25, 0.3) is 0 Å². The van der Waals surface area contributed by atoms with Crippen molar-refractivity contribution in [1.82, 2.24) is 4.90 Å². The van der Waals surface area contributed by atoms with E-state index in [2.05, 4.69) is 12.1 Å². The van der Waals surface area contributed by atoms with Gasteiger partial charge in [0.05, 0.1) is 0 Å². The van der Waals surface area contributed by atoms with Crippen molar-refractivity contribution < 1.29 is 14.0 Å². The second-order valence-corrected chi connectivity index (χ2v) is 6.74. The normalized spacial score (nSPS) is 18.8. The van der Waals surface area contributed by atoms with E-state index in [0.717, 1.165) is 0 Å². The zero-order valence-electron chi connectivity index (χ0n) is 15.0. The number of carbonyl (C=O) groups is 2. The van der Waals surface area contributed by atoms with Gasteiger partial charge in [-0.2, -0.15) is 0 Å². The lowest BCUT2D eigenvalue weighted by molar-refractivity contribution is -0.130. The summed E-state index contributed by atoms with van der Waals surface area (Å²) in [6.45, 7) is 1.78. The lowest BCUT2D eigenvalue weighted by atomic mass is 9.89. The summed E-state index contributed by atoms with van der Waals surface area (Å²) < 4.78 is 12.9. The van der Waals surface area contributed by atoms with Gasteiger partial charge in [0, 0.05) is 37.4 Å². The summed E-state index contributed by atoms with van der Waals surface area (Å²) in [5, 5.41) is 0. The summed E-state index contributed by atoms with van der Waals surface area (Å²) >= 11 is 0. The Morgan fingerprint density at radius 1 is 1.00 bits per heavy atom. The number of hydrogen-bond donors (Lipinski definition) is 1. The Labute approximate surface area is 165 Å². The average molecular weight is 391 g/mol. The van der Waals surface area contributed by atoms with Gasteiger partial charge in [-0.15, -0.1) is 12.4 Å². The molecule has 144 valence electrons. The minimum atomic E-state index is -0.380. The van der Waals surface area contributed by atoms with Gasteiger partial charge >= 0.3 is 0 Å². The van der Waals surface area contributed by atoms with E-state index >= 15 is 0 Å². The standard InChI is InChI=1S/C21H23FN2O2.ClH/c22-18-8-6-16(7-9-18)20(25)10-11-21(26)24-13-17(12-23)19(14-24)15-4-2-1-3-5-15;/h1-9,17,19H,10-14,23H2;1H/t17-,19+;/m1./s1. The van der Waals surface area contributed by atoms with E-state index in [9.17, 15) is 14.0 Å². The third kappa shape index (κ3) is 5.15. The van der Waals surface area contributed by atoms with Crippen molar-refractivity contribution in [2.75, 3.05) is 19.6 Å². The van der Waals surface area contributed by atoms with E-state index in [1.54, 1.807) is 0 Å². The summed E-state index contributed by atoms with van der Waals surface area (Å²) in [6.07, 6.45) is 0.291. The van der Waals surface area contributed by atoms with Crippen molar-refractivity contribution in [1.29, 1.82) is 0 Å². The van der Waals surface area contributed by atoms with Crippen molar-refractivity contribution in [2.45, 2.75) is 18.8 Å². The van der Waals surface area contributed by atoms with Crippen LogP contribution in [0.5, 0.6) is 0 Å². The lowest BCUT2D eigenvalue weighted by Gasteiger charge is -2.16. The van der Waals surface area contributed by atoms with Crippen molar-refractivity contribution in [3.63, 3.8) is 0 Å². The molecule has 0 radical (unpaired) electrons. The van der Waals surface area contributed by atoms with Gasteiger partial charge in [0.25, 0.3) is 0 Å². The Hall–Kier alpha value is -2.24. The fourth-order valence-corrected chi connectivity index (χ4v) is 3.55. The summed E-state index contributed by atoms with van der Waals surface area (Å²) in [7, 11) is 0. The molecule has 6 heteroatoms. The van der Waals surface area contributed by atoms with Crippen LogP contribution < -0.4 is 5.73 Å². The first-order valence-electron chi connectivity index (χ1n) is 8.90. The van der Waals surface area contributed by atoms with E-state index < -0.39 is 0 Å². The maximum absolute atomic E-state index is 12.9. The van der Waals surface area contributed by atoms with E-state index in [1.165, 1.54) is 29.8 Å². The van der Waals surface area contributed by atoms with Gasteiger partial charge in [-0.25, -0.2) is 4.39 Å². The number of amides is 1. The fourth-order valence-electron chi connectivity index (χ4n) is 3.55. The average Bonchev–Trinajstić information content (AvgIpc) is 3.11. The molecule has 0 aliphatic carbocycles. The number of halogens is 2. The molecule has 1 heterocycles. The van der Waals surface area contributed by atoms with Crippen molar-refractivity contribution in [2.24, 2.45) is 11.7 Å². The van der Waals surface area contributed by atoms with Crippen LogP contribution in [0.4, 0.5) is 4.39 Å². The van der Waals surface area contributed by atoms with E-state index in [1.807, 2.05) is 23.1 Å². The molecule has 2 atom stereocenters. The minimum absolute atomic E-state index is 0. The zero-order valence-corrected chi connectivity index (χ0v) is 15.8. The summed E-state index contributed by atoms with van der Waals surface area (Å²) in [5.41, 5.74) is 7.54. The van der Waals surface area contributed by atoms with Crippen LogP contribution in [-0.2, 0) is 4.79 Å². The molecule has 1 fully saturated rings. The molecule has 2 aromatic carbocycles. The number of hydrogen-bond acceptors (Lipinski definition) is 3. The van der Waals surface area contributed by atoms with Crippen LogP contribution in [0.15, 0.2) is 54.6 Å². The maximum Gasteiger partial charge on any atom is 0.223 e. The van der Waals surface area contributed by atoms with Gasteiger partial charge in [-0.05, 0) is 42.3 Å². The highest BCUT2D eigenvalue weighted by Crippen LogP contribution is 2.32. The molecule has 0 bridgehead atoms. The number of likely N-dealkylation sites (tertiary alicyclic amines) is 1. The summed E-state index contributed by atoms with van der Waals surface area (Å²) in [6, 6.07) is 15.5. The molecule has 1 aliphatic heterocycles. The largest absolute Gasteiger partial charge is 0.342 e. The molecule has 0 spiro atoms. The Morgan fingerprint density at radius 3 is 2.30 bits per heavy atom. The maximum atomic E-state index is 12.9. The Kier molecular flexibility index (Phi) is 7.51. The van der Waals surface area contributed by atoms with Crippen LogP contribution >= 0.6 is 12.4 Å². The third-order valence-electron chi connectivity index (χ3n) is 5.06. The second kappa shape index (κ2) is 9.62. The highest BCUT2D eigenvalue weighted by molar-refractivity contribution is 5.97. The predicted octanol–water partition coefficient (Wildman–Crippen LogP) is 3.41. The van der Waals surface area contributed by atoms with Gasteiger partial charge < -0.3 is 10.6 Å². The van der Waals surface area contributed by atoms with Gasteiger partial charge in [-0.3, -0.25) is 9.59 Å². The van der Waals surface area contributed by atoms with Gasteiger partial charge in [-0.1, -0.05) is 30.3 Å². The first-order valence-corrected chi connectivity index (χ1v) is 8.90. The first kappa shape index (κ1) is 21.1. The Morgan fingerprint density at radius 2 is 1.67 bits per heavy atom. The first-order chi connectivity index (χ1) is 12.6. The van der Waals surface area contributed by atoms with Crippen LogP contribution in [-0.4, -0.2) is 36.2 Å². The number of ketones is 1. The lowest BCUT2D eigenvalue weighted by Crippen LogP contribution is -2.30. The van der Waals surface area contributed by atoms with E-state index in [4.69, 9.17) is 5.73 Å². The second-order valence-electron chi connectivity index (χ2n) is 6.74. The molecule has 2 aromatic rings. The number of Topliss-reactive ketones (excluding diaryl/α,β-unsaturated/α-hetero) is 1. The topological polar surface area (TPSA) is 63.4 Å². The van der Waals surface area contributed by atoms with Crippen LogP contribution in [0.2, 0.25) is 0 Å². The summed E-state index contributed by atoms with van der Waals surface area (Å²) in [4.78, 5) is 26.5. The monoisotopic (exact) mass is 390 g/mol. The molecule has 27 heavy (non-hydrogen) atoms. The molecular weight excluding hydrogens is 367 g/mol. The molecule has 0 saturated carbocycles. The number of nitrogens with zero attached hydrogens (tertiary/aromatic N) is 1. The van der Waals surface area contributed by atoms with Gasteiger partial charge in [0.1, 0.15) is 5.82 Å². The minimum Gasteiger partial charge on any atom is -0.342 e. The Balaban J connectivity index is 0.00000261. The molecular formula is C21H24ClFN2O2. The molecule has 2 N–H and O–H groups in total. The van der Waals surface area contributed by atoms with E-state index in [-0.39, 0.29) is 54.6 Å². The van der Waals surface area contributed by atoms with Crippen molar-refractivity contribution >= 4 is 24.1 Å². The molecule has 1 amide bonds. The quantitative estimate of drug-likeness (QED) is 0.769. The molecule has 3 rings (SSSR count). The highest BCUT2D eigenvalue weighted by atomic mass is 35.5. The van der Waals surface area contributed by atoms with Crippen LogP contribution in [0.1, 0.15) is 34.7 Å². The summed E-state index contributed by atoms with van der Waals surface area (Å²) in [5.74, 6) is -0.0913. The molecule has 1 saturated heterocycles. The number of carbonyl (C=O) groups excluding carboxylic acids is 2. The Bertz CT molecular complexity index is 768. The third-order valence-corrected chi connectivity index (χ3v) is 5.06. The number of nitrogens with two attached hydrogens (primary N) is 1. The predicted molar refractivity (Wildman–Crippen MR) is 106 cm³/mol. The van der Waals surface area contributed by atoms with Crippen molar-refractivity contribution in [3.05, 3.63) is 71.5 Å².